The molecule has 2 amide bonds. The van der Waals surface area contributed by atoms with E-state index in [2.05, 4.69) is 50.1 Å². The second-order valence-electron chi connectivity index (χ2n) is 12.8. The van der Waals surface area contributed by atoms with Gasteiger partial charge in [-0.3, -0.25) is 9.59 Å². The van der Waals surface area contributed by atoms with Gasteiger partial charge in [0.15, 0.2) is 0 Å². The van der Waals surface area contributed by atoms with Crippen LogP contribution in [0.4, 0.5) is 0 Å². The third kappa shape index (κ3) is 6.26. The second-order valence-corrected chi connectivity index (χ2v) is 12.8. The molecule has 1 aromatic heterocycles. The third-order valence-electron chi connectivity index (χ3n) is 8.40. The Hall–Kier alpha value is -2.38. The number of methoxy groups -OCH3 is 1. The molecule has 2 saturated carbocycles. The van der Waals surface area contributed by atoms with Gasteiger partial charge in [0.05, 0.1) is 5.92 Å². The van der Waals surface area contributed by atoms with Crippen molar-refractivity contribution in [3.05, 3.63) is 36.0 Å². The molecule has 2 atom stereocenters. The zero-order valence-corrected chi connectivity index (χ0v) is 23.7. The normalized spacial score (nSPS) is 22.0. The van der Waals surface area contributed by atoms with E-state index in [1.165, 1.54) is 29.3 Å². The molecule has 208 valence electrons. The van der Waals surface area contributed by atoms with Gasteiger partial charge in [-0.25, -0.2) is 0 Å². The molecular weight excluding hydrogens is 476 g/mol. The van der Waals surface area contributed by atoms with Crippen molar-refractivity contribution < 1.29 is 14.3 Å². The molecule has 1 aromatic carbocycles. The molecule has 1 saturated heterocycles. The van der Waals surface area contributed by atoms with E-state index >= 15 is 0 Å². The van der Waals surface area contributed by atoms with Gasteiger partial charge in [0.1, 0.15) is 0 Å². The molecule has 7 nitrogen and oxygen atoms in total. The number of rotatable bonds is 11. The van der Waals surface area contributed by atoms with Gasteiger partial charge in [0.25, 0.3) is 0 Å². The first kappa shape index (κ1) is 27.2. The maximum atomic E-state index is 14.1. The predicted octanol–water partition coefficient (Wildman–Crippen LogP) is 4.43. The number of carbonyl (C=O) groups is 2. The van der Waals surface area contributed by atoms with Crippen LogP contribution < -0.4 is 5.32 Å². The molecule has 1 aliphatic heterocycles. The van der Waals surface area contributed by atoms with Crippen molar-refractivity contribution in [2.24, 2.45) is 17.3 Å². The summed E-state index contributed by atoms with van der Waals surface area (Å²) in [5.41, 5.74) is 2.03. The maximum absolute atomic E-state index is 14.1. The molecule has 3 aliphatic rings. The molecule has 1 N–H and O–H groups in total. The highest BCUT2D eigenvalue weighted by atomic mass is 16.5. The summed E-state index contributed by atoms with van der Waals surface area (Å²) < 4.78 is 7.58. The molecular formula is C31H46N4O3. The number of ether oxygens (including phenoxy) is 1. The lowest BCUT2D eigenvalue weighted by Crippen LogP contribution is -2.56. The summed E-state index contributed by atoms with van der Waals surface area (Å²) in [6, 6.07) is 8.93. The SMILES string of the molecule is COCCCn1cc(CN(C(=O)C2CNC[C@@H](N(CC3CC3)C(=O)C(C)(C)C)C2)C2CC2)c2ccccc21. The lowest BCUT2D eigenvalue weighted by molar-refractivity contribution is -0.145. The first-order chi connectivity index (χ1) is 18.3. The van der Waals surface area contributed by atoms with Gasteiger partial charge >= 0.3 is 0 Å². The fourth-order valence-corrected chi connectivity index (χ4v) is 5.96. The number of nitrogens with zero attached hydrogens (tertiary/aromatic N) is 3. The molecule has 2 heterocycles. The predicted molar refractivity (Wildman–Crippen MR) is 151 cm³/mol. The summed E-state index contributed by atoms with van der Waals surface area (Å²) in [5.74, 6) is 0.987. The number of para-hydroxylation sites is 1. The van der Waals surface area contributed by atoms with E-state index in [1.807, 2.05) is 20.8 Å². The molecule has 38 heavy (non-hydrogen) atoms. The zero-order chi connectivity index (χ0) is 26.9. The van der Waals surface area contributed by atoms with Crippen LogP contribution in [0.5, 0.6) is 0 Å². The Morgan fingerprint density at radius 2 is 1.82 bits per heavy atom. The van der Waals surface area contributed by atoms with Crippen molar-refractivity contribution in [3.8, 4) is 0 Å². The van der Waals surface area contributed by atoms with Crippen molar-refractivity contribution in [2.45, 2.75) is 84.5 Å². The molecule has 0 bridgehead atoms. The number of nitrogens with one attached hydrogen (secondary N) is 1. The van der Waals surface area contributed by atoms with Gasteiger partial charge in [0, 0.05) is 81.0 Å². The molecule has 1 unspecified atom stereocenters. The van der Waals surface area contributed by atoms with Crippen LogP contribution in [0.1, 0.15) is 64.9 Å². The van der Waals surface area contributed by atoms with Crippen molar-refractivity contribution in [2.75, 3.05) is 33.4 Å². The Kier molecular flexibility index (Phi) is 8.15. The van der Waals surface area contributed by atoms with Gasteiger partial charge in [-0.2, -0.15) is 0 Å². The average molecular weight is 523 g/mol. The summed E-state index contributed by atoms with van der Waals surface area (Å²) >= 11 is 0. The first-order valence-corrected chi connectivity index (χ1v) is 14.6. The molecule has 5 rings (SSSR count). The smallest absolute Gasteiger partial charge is 0.228 e. The van der Waals surface area contributed by atoms with Gasteiger partial charge in [0.2, 0.25) is 11.8 Å². The van der Waals surface area contributed by atoms with Gasteiger partial charge in [-0.15, -0.1) is 0 Å². The van der Waals surface area contributed by atoms with Crippen molar-refractivity contribution in [1.82, 2.24) is 19.7 Å². The fourth-order valence-electron chi connectivity index (χ4n) is 5.96. The summed E-state index contributed by atoms with van der Waals surface area (Å²) in [6.07, 6.45) is 8.54. The Morgan fingerprint density at radius 1 is 1.05 bits per heavy atom. The van der Waals surface area contributed by atoms with Crippen molar-refractivity contribution >= 4 is 22.7 Å². The van der Waals surface area contributed by atoms with Crippen LogP contribution in [0.25, 0.3) is 10.9 Å². The second kappa shape index (κ2) is 11.4. The Morgan fingerprint density at radius 3 is 2.50 bits per heavy atom. The van der Waals surface area contributed by atoms with Gasteiger partial charge < -0.3 is 24.4 Å². The van der Waals surface area contributed by atoms with E-state index in [-0.39, 0.29) is 23.8 Å². The van der Waals surface area contributed by atoms with Crippen LogP contribution in [0.2, 0.25) is 0 Å². The van der Waals surface area contributed by atoms with E-state index < -0.39 is 5.41 Å². The topological polar surface area (TPSA) is 66.8 Å². The fraction of sp³-hybridized carbons (Fsp3) is 0.677. The maximum Gasteiger partial charge on any atom is 0.228 e. The van der Waals surface area contributed by atoms with Crippen LogP contribution in [0, 0.1) is 17.3 Å². The highest BCUT2D eigenvalue weighted by Gasteiger charge is 2.42. The molecule has 2 aliphatic carbocycles. The molecule has 3 fully saturated rings. The number of carbonyl (C=O) groups excluding carboxylic acids is 2. The molecule has 0 radical (unpaired) electrons. The number of hydrogen-bond acceptors (Lipinski definition) is 4. The lowest BCUT2D eigenvalue weighted by Gasteiger charge is -2.41. The van der Waals surface area contributed by atoms with Gasteiger partial charge in [-0.05, 0) is 56.1 Å². The van der Waals surface area contributed by atoms with Crippen LogP contribution in [-0.2, 0) is 27.4 Å². The standard InChI is InChI=1S/C31H46N4O3/c1-31(2,3)30(37)35(19-22-10-11-22)26-16-23(17-32-18-26)29(36)34(25-12-13-25)21-24-20-33(14-7-15-38-4)28-9-6-5-8-27(24)28/h5-6,8-9,20,22-23,25-26,32H,7,10-19,21H2,1-4H3/t23?,26-/m0/s1. The minimum Gasteiger partial charge on any atom is -0.385 e. The highest BCUT2D eigenvalue weighted by Crippen LogP contribution is 2.35. The highest BCUT2D eigenvalue weighted by molar-refractivity contribution is 5.86. The van der Waals surface area contributed by atoms with Crippen LogP contribution in [-0.4, -0.2) is 71.6 Å². The minimum atomic E-state index is -0.413. The van der Waals surface area contributed by atoms with Crippen LogP contribution in [0.15, 0.2) is 30.5 Å². The third-order valence-corrected chi connectivity index (χ3v) is 8.40. The van der Waals surface area contributed by atoms with E-state index in [0.29, 0.717) is 25.0 Å². The Bertz CT molecular complexity index is 1130. The summed E-state index contributed by atoms with van der Waals surface area (Å²) in [5, 5.41) is 4.76. The minimum absolute atomic E-state index is 0.0776. The molecule has 7 heteroatoms. The number of hydrogen-bond donors (Lipinski definition) is 1. The summed E-state index contributed by atoms with van der Waals surface area (Å²) in [4.78, 5) is 31.7. The summed E-state index contributed by atoms with van der Waals surface area (Å²) in [6.45, 7) is 10.6. The van der Waals surface area contributed by atoms with Crippen LogP contribution >= 0.6 is 0 Å². The van der Waals surface area contributed by atoms with E-state index in [4.69, 9.17) is 4.74 Å². The molecule has 2 aromatic rings. The monoisotopic (exact) mass is 522 g/mol. The lowest BCUT2D eigenvalue weighted by atomic mass is 9.89. The summed E-state index contributed by atoms with van der Waals surface area (Å²) in [7, 11) is 1.74. The van der Waals surface area contributed by atoms with Gasteiger partial charge in [-0.1, -0.05) is 39.0 Å². The first-order valence-electron chi connectivity index (χ1n) is 14.6. The number of benzene rings is 1. The van der Waals surface area contributed by atoms with Crippen LogP contribution in [0.3, 0.4) is 0 Å². The zero-order valence-electron chi connectivity index (χ0n) is 23.7. The van der Waals surface area contributed by atoms with Crippen molar-refractivity contribution in [1.29, 1.82) is 0 Å². The number of aromatic nitrogens is 1. The van der Waals surface area contributed by atoms with E-state index in [0.717, 1.165) is 51.9 Å². The van der Waals surface area contributed by atoms with Crippen molar-refractivity contribution in [3.63, 3.8) is 0 Å². The number of aryl methyl sites for hydroxylation is 1. The van der Waals surface area contributed by atoms with E-state index in [9.17, 15) is 9.59 Å². The number of fused-ring (bicyclic) bond motifs is 1. The largest absolute Gasteiger partial charge is 0.385 e. The average Bonchev–Trinajstić information content (AvgIpc) is 3.84. The van der Waals surface area contributed by atoms with E-state index in [1.54, 1.807) is 7.11 Å². The quantitative estimate of drug-likeness (QED) is 0.444. The number of amides is 2. The number of piperidine rings is 1. The molecule has 0 spiro atoms. The Balaban J connectivity index is 1.32. The Labute approximate surface area is 227 Å².